The molecule has 1 saturated heterocycles. The van der Waals surface area contributed by atoms with E-state index in [1.807, 2.05) is 19.1 Å². The third-order valence-electron chi connectivity index (χ3n) is 2.38. The molecule has 76 valence electrons. The first kappa shape index (κ1) is 9.43. The molecule has 2 rings (SSSR count). The van der Waals surface area contributed by atoms with Crippen LogP contribution in [0.4, 0.5) is 0 Å². The maximum absolute atomic E-state index is 11.6. The molecule has 0 saturated carbocycles. The van der Waals surface area contributed by atoms with Gasteiger partial charge >= 0.3 is 0 Å². The Morgan fingerprint density at radius 3 is 3.00 bits per heavy atom. The molecule has 2 N–H and O–H groups in total. The molecule has 1 aromatic rings. The Bertz CT molecular complexity index is 367. The fourth-order valence-electron chi connectivity index (χ4n) is 1.62. The van der Waals surface area contributed by atoms with Crippen molar-refractivity contribution in [2.24, 2.45) is 0 Å². The van der Waals surface area contributed by atoms with Gasteiger partial charge in [-0.05, 0) is 13.0 Å². The van der Waals surface area contributed by atoms with Crippen molar-refractivity contribution in [1.29, 1.82) is 0 Å². The summed E-state index contributed by atoms with van der Waals surface area (Å²) in [5, 5.41) is 3.25. The largest absolute Gasteiger partial charge is 0.378 e. The van der Waals surface area contributed by atoms with Crippen molar-refractivity contribution >= 4 is 0 Å². The van der Waals surface area contributed by atoms with Crippen LogP contribution in [-0.2, 0) is 4.74 Å². The van der Waals surface area contributed by atoms with Crippen molar-refractivity contribution in [3.05, 3.63) is 33.7 Å². The van der Waals surface area contributed by atoms with E-state index in [2.05, 4.69) is 10.3 Å². The Morgan fingerprint density at radius 2 is 2.36 bits per heavy atom. The van der Waals surface area contributed by atoms with Gasteiger partial charge in [-0.15, -0.1) is 0 Å². The molecule has 1 aliphatic heterocycles. The minimum absolute atomic E-state index is 0.0204. The quantitative estimate of drug-likeness (QED) is 0.678. The zero-order valence-electron chi connectivity index (χ0n) is 8.17. The van der Waals surface area contributed by atoms with Crippen LogP contribution < -0.4 is 10.9 Å². The average molecular weight is 194 g/mol. The molecule has 0 amide bonds. The van der Waals surface area contributed by atoms with Crippen molar-refractivity contribution in [1.82, 2.24) is 10.3 Å². The number of hydrogen-bond acceptors (Lipinski definition) is 3. The van der Waals surface area contributed by atoms with Crippen LogP contribution in [0.25, 0.3) is 0 Å². The number of hydrogen-bond donors (Lipinski definition) is 2. The molecule has 1 atom stereocenters. The van der Waals surface area contributed by atoms with Crippen LogP contribution in [0.1, 0.15) is 17.3 Å². The van der Waals surface area contributed by atoms with E-state index in [1.54, 1.807) is 0 Å². The average Bonchev–Trinajstić information content (AvgIpc) is 2.19. The molecular weight excluding hydrogens is 180 g/mol. The van der Waals surface area contributed by atoms with Crippen LogP contribution in [0, 0.1) is 6.92 Å². The van der Waals surface area contributed by atoms with Gasteiger partial charge in [-0.2, -0.15) is 0 Å². The summed E-state index contributed by atoms with van der Waals surface area (Å²) in [5.74, 6) is 0. The minimum Gasteiger partial charge on any atom is -0.378 e. The van der Waals surface area contributed by atoms with E-state index >= 15 is 0 Å². The first-order valence-corrected chi connectivity index (χ1v) is 4.78. The Balaban J connectivity index is 2.26. The molecular formula is C10H14N2O2. The molecule has 0 aliphatic carbocycles. The van der Waals surface area contributed by atoms with Gasteiger partial charge in [0, 0.05) is 17.8 Å². The van der Waals surface area contributed by atoms with E-state index in [-0.39, 0.29) is 11.6 Å². The van der Waals surface area contributed by atoms with Gasteiger partial charge in [0.2, 0.25) is 0 Å². The summed E-state index contributed by atoms with van der Waals surface area (Å²) >= 11 is 0. The lowest BCUT2D eigenvalue weighted by Crippen LogP contribution is -2.37. The number of aromatic nitrogens is 1. The fourth-order valence-corrected chi connectivity index (χ4v) is 1.62. The summed E-state index contributed by atoms with van der Waals surface area (Å²) in [6.07, 6.45) is 0. The first-order valence-electron chi connectivity index (χ1n) is 4.78. The number of H-pyrrole nitrogens is 1. The lowest BCUT2D eigenvalue weighted by atomic mass is 10.1. The first-order chi connectivity index (χ1) is 6.77. The van der Waals surface area contributed by atoms with E-state index in [9.17, 15) is 4.79 Å². The van der Waals surface area contributed by atoms with Crippen molar-refractivity contribution < 1.29 is 4.74 Å². The Kier molecular flexibility index (Phi) is 2.65. The Morgan fingerprint density at radius 1 is 1.50 bits per heavy atom. The molecule has 0 radical (unpaired) electrons. The molecule has 1 aromatic heterocycles. The van der Waals surface area contributed by atoms with Gasteiger partial charge in [0.05, 0.1) is 19.3 Å². The van der Waals surface area contributed by atoms with Gasteiger partial charge in [0.1, 0.15) is 0 Å². The smallest absolute Gasteiger partial charge is 0.253 e. The standard InChI is InChI=1S/C10H14N2O2/c1-7-2-3-8(10(13)12-7)9-6-14-5-4-11-9/h2-3,9,11H,4-6H2,1H3,(H,12,13). The molecule has 4 heteroatoms. The molecule has 1 fully saturated rings. The molecule has 0 bridgehead atoms. The van der Waals surface area contributed by atoms with Crippen LogP contribution in [0.3, 0.4) is 0 Å². The lowest BCUT2D eigenvalue weighted by molar-refractivity contribution is 0.0764. The number of ether oxygens (including phenoxy) is 1. The highest BCUT2D eigenvalue weighted by Crippen LogP contribution is 2.11. The second-order valence-corrected chi connectivity index (χ2v) is 3.51. The van der Waals surface area contributed by atoms with Crippen molar-refractivity contribution in [3.8, 4) is 0 Å². The third kappa shape index (κ3) is 1.86. The highest BCUT2D eigenvalue weighted by atomic mass is 16.5. The predicted molar refractivity (Wildman–Crippen MR) is 53.4 cm³/mol. The van der Waals surface area contributed by atoms with Crippen LogP contribution in [0.2, 0.25) is 0 Å². The van der Waals surface area contributed by atoms with E-state index in [0.717, 1.165) is 24.4 Å². The molecule has 1 aliphatic rings. The fraction of sp³-hybridized carbons (Fsp3) is 0.500. The van der Waals surface area contributed by atoms with Gasteiger partial charge in [0.25, 0.3) is 5.56 Å². The Hall–Kier alpha value is -1.13. The lowest BCUT2D eigenvalue weighted by Gasteiger charge is -2.23. The van der Waals surface area contributed by atoms with Crippen molar-refractivity contribution in [2.45, 2.75) is 13.0 Å². The maximum Gasteiger partial charge on any atom is 0.253 e. The topological polar surface area (TPSA) is 54.1 Å². The summed E-state index contributed by atoms with van der Waals surface area (Å²) in [5.41, 5.74) is 1.62. The zero-order valence-corrected chi connectivity index (χ0v) is 8.17. The van der Waals surface area contributed by atoms with E-state index in [1.165, 1.54) is 0 Å². The van der Waals surface area contributed by atoms with Crippen LogP contribution >= 0.6 is 0 Å². The number of pyridine rings is 1. The minimum atomic E-state index is -0.0204. The summed E-state index contributed by atoms with van der Waals surface area (Å²) in [7, 11) is 0. The third-order valence-corrected chi connectivity index (χ3v) is 2.38. The summed E-state index contributed by atoms with van der Waals surface area (Å²) in [4.78, 5) is 14.4. The van der Waals surface area contributed by atoms with Crippen LogP contribution in [0.15, 0.2) is 16.9 Å². The van der Waals surface area contributed by atoms with Gasteiger partial charge in [0.15, 0.2) is 0 Å². The highest BCUT2D eigenvalue weighted by molar-refractivity contribution is 5.17. The molecule has 0 spiro atoms. The normalized spacial score (nSPS) is 22.2. The molecule has 14 heavy (non-hydrogen) atoms. The second kappa shape index (κ2) is 3.94. The predicted octanol–water partition coefficient (Wildman–Crippen LogP) is 0.344. The number of nitrogens with one attached hydrogen (secondary N) is 2. The molecule has 4 nitrogen and oxygen atoms in total. The summed E-state index contributed by atoms with van der Waals surface area (Å²) in [6, 6.07) is 3.81. The van der Waals surface area contributed by atoms with Crippen molar-refractivity contribution in [3.63, 3.8) is 0 Å². The number of aromatic amines is 1. The number of morpholine rings is 1. The SMILES string of the molecule is Cc1ccc(C2COCCN2)c(=O)[nH]1. The van der Waals surface area contributed by atoms with E-state index in [0.29, 0.717) is 6.61 Å². The molecule has 0 aromatic carbocycles. The monoisotopic (exact) mass is 194 g/mol. The molecule has 1 unspecified atom stereocenters. The summed E-state index contributed by atoms with van der Waals surface area (Å²) in [6.45, 7) is 3.97. The second-order valence-electron chi connectivity index (χ2n) is 3.51. The highest BCUT2D eigenvalue weighted by Gasteiger charge is 2.17. The van der Waals surface area contributed by atoms with Gasteiger partial charge in [-0.25, -0.2) is 0 Å². The van der Waals surface area contributed by atoms with Crippen LogP contribution in [0.5, 0.6) is 0 Å². The maximum atomic E-state index is 11.6. The number of rotatable bonds is 1. The Labute approximate surface area is 82.3 Å². The van der Waals surface area contributed by atoms with Gasteiger partial charge in [-0.1, -0.05) is 6.07 Å². The van der Waals surface area contributed by atoms with Gasteiger partial charge < -0.3 is 15.0 Å². The van der Waals surface area contributed by atoms with Crippen molar-refractivity contribution in [2.75, 3.05) is 19.8 Å². The van der Waals surface area contributed by atoms with Crippen LogP contribution in [-0.4, -0.2) is 24.7 Å². The van der Waals surface area contributed by atoms with Gasteiger partial charge in [-0.3, -0.25) is 4.79 Å². The zero-order chi connectivity index (χ0) is 9.97. The van der Waals surface area contributed by atoms with E-state index < -0.39 is 0 Å². The van der Waals surface area contributed by atoms with E-state index in [4.69, 9.17) is 4.74 Å². The molecule has 2 heterocycles. The summed E-state index contributed by atoms with van der Waals surface area (Å²) < 4.78 is 5.31. The number of aryl methyl sites for hydroxylation is 1.